The molecular formula is C13H17FN4. The normalized spacial score (nSPS) is 15.3. The highest BCUT2D eigenvalue weighted by atomic mass is 19.1. The van der Waals surface area contributed by atoms with Gasteiger partial charge in [0.2, 0.25) is 0 Å². The van der Waals surface area contributed by atoms with Crippen LogP contribution in [0.4, 0.5) is 15.8 Å². The van der Waals surface area contributed by atoms with Crippen molar-refractivity contribution in [1.29, 1.82) is 5.26 Å². The summed E-state index contributed by atoms with van der Waals surface area (Å²) < 4.78 is 14.0. The Morgan fingerprint density at radius 2 is 2.00 bits per heavy atom. The maximum Gasteiger partial charge on any atom is 0.147 e. The van der Waals surface area contributed by atoms with Crippen LogP contribution in [0.15, 0.2) is 12.1 Å². The molecule has 18 heavy (non-hydrogen) atoms. The molecule has 0 amide bonds. The molecule has 0 aromatic heterocycles. The molecule has 96 valence electrons. The smallest absolute Gasteiger partial charge is 0.147 e. The largest absolute Gasteiger partial charge is 0.377 e. The first-order valence-corrected chi connectivity index (χ1v) is 6.00. The van der Waals surface area contributed by atoms with Gasteiger partial charge in [0, 0.05) is 40.3 Å². The predicted molar refractivity (Wildman–Crippen MR) is 70.5 cm³/mol. The van der Waals surface area contributed by atoms with E-state index in [9.17, 15) is 4.39 Å². The summed E-state index contributed by atoms with van der Waals surface area (Å²) >= 11 is 0. The summed E-state index contributed by atoms with van der Waals surface area (Å²) in [6.07, 6.45) is 0. The average Bonchev–Trinajstić information content (AvgIpc) is 2.39. The number of nitrogens with zero attached hydrogens (tertiary/aromatic N) is 3. The number of hydrogen-bond acceptors (Lipinski definition) is 4. The molecule has 1 aliphatic heterocycles. The summed E-state index contributed by atoms with van der Waals surface area (Å²) in [7, 11) is 3.71. The molecule has 1 saturated heterocycles. The molecule has 0 saturated carbocycles. The molecule has 1 aromatic carbocycles. The zero-order valence-corrected chi connectivity index (χ0v) is 10.7. The fourth-order valence-corrected chi connectivity index (χ4v) is 2.16. The highest BCUT2D eigenvalue weighted by Gasteiger charge is 2.18. The maximum atomic E-state index is 14.0. The van der Waals surface area contributed by atoms with Crippen LogP contribution in [-0.2, 0) is 0 Å². The van der Waals surface area contributed by atoms with Crippen molar-refractivity contribution in [2.24, 2.45) is 0 Å². The molecule has 0 atom stereocenters. The van der Waals surface area contributed by atoms with E-state index in [-0.39, 0.29) is 5.82 Å². The lowest BCUT2D eigenvalue weighted by Gasteiger charge is -2.30. The van der Waals surface area contributed by atoms with Crippen molar-refractivity contribution >= 4 is 11.4 Å². The molecule has 4 nitrogen and oxygen atoms in total. The zero-order valence-electron chi connectivity index (χ0n) is 10.7. The first-order chi connectivity index (χ1) is 8.63. The summed E-state index contributed by atoms with van der Waals surface area (Å²) in [6.45, 7) is 3.29. The van der Waals surface area contributed by atoms with Crippen molar-refractivity contribution in [3.8, 4) is 6.07 Å². The summed E-state index contributed by atoms with van der Waals surface area (Å²) in [5, 5.41) is 12.3. The van der Waals surface area contributed by atoms with E-state index in [1.807, 2.05) is 30.0 Å². The minimum Gasteiger partial charge on any atom is -0.377 e. The molecule has 0 spiro atoms. The number of nitriles is 1. The zero-order chi connectivity index (χ0) is 13.1. The Morgan fingerprint density at radius 1 is 1.33 bits per heavy atom. The molecule has 1 N–H and O–H groups in total. The number of nitrogens with one attached hydrogen (secondary N) is 1. The van der Waals surface area contributed by atoms with E-state index in [0.717, 1.165) is 31.9 Å². The van der Waals surface area contributed by atoms with E-state index in [2.05, 4.69) is 5.32 Å². The predicted octanol–water partition coefficient (Wildman–Crippen LogP) is 1.17. The van der Waals surface area contributed by atoms with Crippen molar-refractivity contribution in [2.75, 3.05) is 50.1 Å². The van der Waals surface area contributed by atoms with Gasteiger partial charge in [-0.3, -0.25) is 0 Å². The topological polar surface area (TPSA) is 42.3 Å². The van der Waals surface area contributed by atoms with Gasteiger partial charge in [-0.1, -0.05) is 0 Å². The minimum absolute atomic E-state index is 0.320. The van der Waals surface area contributed by atoms with Gasteiger partial charge in [0.25, 0.3) is 0 Å². The highest BCUT2D eigenvalue weighted by molar-refractivity contribution is 5.67. The van der Waals surface area contributed by atoms with Crippen LogP contribution >= 0.6 is 0 Å². The number of piperazine rings is 1. The second-order valence-corrected chi connectivity index (χ2v) is 4.56. The van der Waals surface area contributed by atoms with Gasteiger partial charge in [0.15, 0.2) is 0 Å². The van der Waals surface area contributed by atoms with Gasteiger partial charge in [-0.05, 0) is 12.1 Å². The van der Waals surface area contributed by atoms with Gasteiger partial charge in [-0.25, -0.2) is 4.39 Å². The molecule has 5 heteroatoms. The fourth-order valence-electron chi connectivity index (χ4n) is 2.16. The van der Waals surface area contributed by atoms with Crippen molar-refractivity contribution in [3.05, 3.63) is 23.5 Å². The van der Waals surface area contributed by atoms with Gasteiger partial charge in [0.05, 0.1) is 16.9 Å². The second kappa shape index (κ2) is 5.23. The van der Waals surface area contributed by atoms with Gasteiger partial charge < -0.3 is 15.1 Å². The van der Waals surface area contributed by atoms with Crippen molar-refractivity contribution in [3.63, 3.8) is 0 Å². The van der Waals surface area contributed by atoms with Crippen LogP contribution < -0.4 is 15.1 Å². The standard InChI is InChI=1S/C13H17FN4/c1-17(2)12-8-13(11(14)7-10(12)9-15)18-5-3-16-4-6-18/h7-8,16H,3-6H2,1-2H3. The molecule has 0 bridgehead atoms. The lowest BCUT2D eigenvalue weighted by atomic mass is 10.1. The van der Waals surface area contributed by atoms with E-state index in [4.69, 9.17) is 5.26 Å². The third-order valence-corrected chi connectivity index (χ3v) is 3.13. The Bertz CT molecular complexity index is 473. The van der Waals surface area contributed by atoms with Crippen molar-refractivity contribution in [1.82, 2.24) is 5.32 Å². The van der Waals surface area contributed by atoms with Gasteiger partial charge in [-0.2, -0.15) is 5.26 Å². The summed E-state index contributed by atoms with van der Waals surface area (Å²) in [5.74, 6) is -0.320. The van der Waals surface area contributed by atoms with Gasteiger partial charge >= 0.3 is 0 Å². The molecule has 1 aliphatic rings. The van der Waals surface area contributed by atoms with Gasteiger partial charge in [0.1, 0.15) is 11.9 Å². The third kappa shape index (κ3) is 2.39. The highest BCUT2D eigenvalue weighted by Crippen LogP contribution is 2.28. The Balaban J connectivity index is 2.41. The van der Waals surface area contributed by atoms with E-state index in [0.29, 0.717) is 11.3 Å². The Labute approximate surface area is 107 Å². The second-order valence-electron chi connectivity index (χ2n) is 4.56. The van der Waals surface area contributed by atoms with E-state index < -0.39 is 0 Å². The quantitative estimate of drug-likeness (QED) is 0.853. The lowest BCUT2D eigenvalue weighted by Crippen LogP contribution is -2.44. The van der Waals surface area contributed by atoms with Crippen LogP contribution in [-0.4, -0.2) is 40.3 Å². The van der Waals surface area contributed by atoms with E-state index in [1.54, 1.807) is 6.07 Å². The minimum atomic E-state index is -0.320. The average molecular weight is 248 g/mol. The van der Waals surface area contributed by atoms with Crippen molar-refractivity contribution < 1.29 is 4.39 Å². The van der Waals surface area contributed by atoms with Gasteiger partial charge in [-0.15, -0.1) is 0 Å². The number of rotatable bonds is 2. The molecular weight excluding hydrogens is 231 g/mol. The Kier molecular flexibility index (Phi) is 3.68. The first kappa shape index (κ1) is 12.7. The van der Waals surface area contributed by atoms with Crippen LogP contribution in [0.3, 0.4) is 0 Å². The molecule has 0 radical (unpaired) electrons. The van der Waals surface area contributed by atoms with Crippen LogP contribution in [0.2, 0.25) is 0 Å². The monoisotopic (exact) mass is 248 g/mol. The third-order valence-electron chi connectivity index (χ3n) is 3.13. The van der Waals surface area contributed by atoms with E-state index >= 15 is 0 Å². The first-order valence-electron chi connectivity index (χ1n) is 6.00. The summed E-state index contributed by atoms with van der Waals surface area (Å²) in [6, 6.07) is 5.12. The number of halogens is 1. The lowest BCUT2D eigenvalue weighted by molar-refractivity contribution is 0.566. The maximum absolute atomic E-state index is 14.0. The molecule has 1 aromatic rings. The molecule has 1 heterocycles. The SMILES string of the molecule is CN(C)c1cc(N2CCNCC2)c(F)cc1C#N. The van der Waals surface area contributed by atoms with Crippen LogP contribution in [0, 0.1) is 17.1 Å². The van der Waals surface area contributed by atoms with Crippen LogP contribution in [0.5, 0.6) is 0 Å². The van der Waals surface area contributed by atoms with Crippen molar-refractivity contribution in [2.45, 2.75) is 0 Å². The van der Waals surface area contributed by atoms with Crippen LogP contribution in [0.1, 0.15) is 5.56 Å². The molecule has 0 unspecified atom stereocenters. The van der Waals surface area contributed by atoms with E-state index in [1.165, 1.54) is 6.07 Å². The Hall–Kier alpha value is -1.80. The fraction of sp³-hybridized carbons (Fsp3) is 0.462. The number of anilines is 2. The molecule has 0 aliphatic carbocycles. The number of benzene rings is 1. The molecule has 1 fully saturated rings. The summed E-state index contributed by atoms with van der Waals surface area (Å²) in [5.41, 5.74) is 1.71. The Morgan fingerprint density at radius 3 is 2.56 bits per heavy atom. The van der Waals surface area contributed by atoms with Crippen LogP contribution in [0.25, 0.3) is 0 Å². The number of hydrogen-bond donors (Lipinski definition) is 1. The molecule has 2 rings (SSSR count). The summed E-state index contributed by atoms with van der Waals surface area (Å²) in [4.78, 5) is 3.85.